The van der Waals surface area contributed by atoms with Crippen LogP contribution in [-0.2, 0) is 0 Å². The van der Waals surface area contributed by atoms with Crippen molar-refractivity contribution in [1.82, 2.24) is 10.3 Å². The monoisotopic (exact) mass is 301 g/mol. The van der Waals surface area contributed by atoms with E-state index in [1.54, 1.807) is 6.20 Å². The lowest BCUT2D eigenvalue weighted by Crippen LogP contribution is -2.30. The number of hydrogen-bond donors (Lipinski definition) is 2. The molecule has 0 radical (unpaired) electrons. The summed E-state index contributed by atoms with van der Waals surface area (Å²) in [5, 5.41) is 6.43. The molecule has 0 aliphatic carbocycles. The van der Waals surface area contributed by atoms with E-state index in [0.717, 1.165) is 26.1 Å². The third-order valence-electron chi connectivity index (χ3n) is 3.05. The largest absolute Gasteiger partial charge is 0.368 e. The maximum absolute atomic E-state index is 13.4. The number of rotatable bonds is 4. The van der Waals surface area contributed by atoms with E-state index in [0.29, 0.717) is 16.2 Å². The van der Waals surface area contributed by atoms with Crippen LogP contribution in [0, 0.1) is 11.7 Å². The van der Waals surface area contributed by atoms with E-state index in [9.17, 15) is 4.39 Å². The Hall–Kier alpha value is -0.680. The average Bonchev–Trinajstić information content (AvgIpc) is 2.33. The lowest BCUT2D eigenvalue weighted by atomic mass is 9.96. The van der Waals surface area contributed by atoms with E-state index in [1.807, 2.05) is 0 Å². The van der Waals surface area contributed by atoms with Crippen LogP contribution >= 0.6 is 15.9 Å². The molecule has 5 heteroatoms. The van der Waals surface area contributed by atoms with Crippen LogP contribution in [0.1, 0.15) is 19.3 Å². The fraction of sp³-hybridized carbons (Fsp3) is 0.583. The molecule has 94 valence electrons. The molecule has 1 fully saturated rings. The number of halogens is 2. The normalized spacial score (nSPS) is 20.2. The molecule has 2 rings (SSSR count). The van der Waals surface area contributed by atoms with E-state index < -0.39 is 0 Å². The van der Waals surface area contributed by atoms with Gasteiger partial charge >= 0.3 is 0 Å². The van der Waals surface area contributed by atoms with Gasteiger partial charge in [0, 0.05) is 17.2 Å². The molecule has 1 saturated heterocycles. The summed E-state index contributed by atoms with van der Waals surface area (Å²) in [4.78, 5) is 4.01. The second-order valence-corrected chi connectivity index (χ2v) is 5.33. The zero-order chi connectivity index (χ0) is 12.1. The van der Waals surface area contributed by atoms with Crippen molar-refractivity contribution in [2.45, 2.75) is 19.3 Å². The van der Waals surface area contributed by atoms with Gasteiger partial charge in [0.25, 0.3) is 0 Å². The van der Waals surface area contributed by atoms with Gasteiger partial charge in [0.05, 0.1) is 0 Å². The molecule has 2 heterocycles. The molecule has 1 aromatic heterocycles. The highest BCUT2D eigenvalue weighted by Crippen LogP contribution is 2.17. The van der Waals surface area contributed by atoms with E-state index in [1.165, 1.54) is 18.9 Å². The zero-order valence-corrected chi connectivity index (χ0v) is 11.3. The SMILES string of the molecule is Fc1cc(Br)cnc1NCCC1CCCNC1. The predicted molar refractivity (Wildman–Crippen MR) is 70.6 cm³/mol. The fourth-order valence-electron chi connectivity index (χ4n) is 2.11. The van der Waals surface area contributed by atoms with Crippen molar-refractivity contribution in [3.63, 3.8) is 0 Å². The molecular formula is C12H17BrFN3. The predicted octanol–water partition coefficient (Wildman–Crippen LogP) is 2.78. The second kappa shape index (κ2) is 6.31. The summed E-state index contributed by atoms with van der Waals surface area (Å²) >= 11 is 3.19. The Bertz CT molecular complexity index is 367. The molecule has 1 atom stereocenters. The van der Waals surface area contributed by atoms with Crippen molar-refractivity contribution in [2.75, 3.05) is 25.0 Å². The Morgan fingerprint density at radius 3 is 3.18 bits per heavy atom. The lowest BCUT2D eigenvalue weighted by Gasteiger charge is -2.22. The number of aromatic nitrogens is 1. The minimum Gasteiger partial charge on any atom is -0.368 e. The number of nitrogens with zero attached hydrogens (tertiary/aromatic N) is 1. The lowest BCUT2D eigenvalue weighted by molar-refractivity contribution is 0.364. The van der Waals surface area contributed by atoms with Gasteiger partial charge in [0.15, 0.2) is 11.6 Å². The summed E-state index contributed by atoms with van der Waals surface area (Å²) in [6, 6.07) is 1.43. The first kappa shape index (κ1) is 12.8. The van der Waals surface area contributed by atoms with Gasteiger partial charge in [-0.15, -0.1) is 0 Å². The Balaban J connectivity index is 1.77. The Kier molecular flexibility index (Phi) is 4.74. The van der Waals surface area contributed by atoms with Crippen molar-refractivity contribution < 1.29 is 4.39 Å². The smallest absolute Gasteiger partial charge is 0.166 e. The molecule has 1 unspecified atom stereocenters. The third-order valence-corrected chi connectivity index (χ3v) is 3.49. The third kappa shape index (κ3) is 3.92. The summed E-state index contributed by atoms with van der Waals surface area (Å²) in [6.07, 6.45) is 5.18. The maximum atomic E-state index is 13.4. The second-order valence-electron chi connectivity index (χ2n) is 4.41. The van der Waals surface area contributed by atoms with Gasteiger partial charge in [0.2, 0.25) is 0 Å². The highest BCUT2D eigenvalue weighted by molar-refractivity contribution is 9.10. The molecule has 0 aromatic carbocycles. The standard InChI is InChI=1S/C12H17BrFN3/c13-10-6-11(14)12(17-8-10)16-5-3-9-2-1-4-15-7-9/h6,8-9,15H,1-5,7H2,(H,16,17). The molecule has 3 nitrogen and oxygen atoms in total. The Morgan fingerprint density at radius 2 is 2.47 bits per heavy atom. The van der Waals surface area contributed by atoms with Gasteiger partial charge in [-0.2, -0.15) is 0 Å². The van der Waals surface area contributed by atoms with Gasteiger partial charge in [-0.3, -0.25) is 0 Å². The van der Waals surface area contributed by atoms with Gasteiger partial charge in [-0.05, 0) is 60.3 Å². The molecule has 0 saturated carbocycles. The van der Waals surface area contributed by atoms with Gasteiger partial charge in [-0.25, -0.2) is 9.37 Å². The first-order valence-electron chi connectivity index (χ1n) is 6.01. The Morgan fingerprint density at radius 1 is 1.59 bits per heavy atom. The average molecular weight is 302 g/mol. The number of pyridine rings is 1. The molecule has 2 N–H and O–H groups in total. The van der Waals surface area contributed by atoms with Crippen molar-refractivity contribution in [1.29, 1.82) is 0 Å². The van der Waals surface area contributed by atoms with E-state index in [-0.39, 0.29) is 5.82 Å². The summed E-state index contributed by atoms with van der Waals surface area (Å²) in [7, 11) is 0. The summed E-state index contributed by atoms with van der Waals surface area (Å²) in [5.74, 6) is 0.743. The number of nitrogens with one attached hydrogen (secondary N) is 2. The van der Waals surface area contributed by atoms with Crippen LogP contribution in [0.3, 0.4) is 0 Å². The summed E-state index contributed by atoms with van der Waals surface area (Å²) < 4.78 is 14.1. The van der Waals surface area contributed by atoms with Crippen LogP contribution < -0.4 is 10.6 Å². The first-order chi connectivity index (χ1) is 8.25. The van der Waals surface area contributed by atoms with Crippen molar-refractivity contribution >= 4 is 21.7 Å². The molecule has 1 aliphatic heterocycles. The van der Waals surface area contributed by atoms with Gasteiger partial charge in [0.1, 0.15) is 0 Å². The molecule has 0 bridgehead atoms. The fourth-order valence-corrected chi connectivity index (χ4v) is 2.41. The number of anilines is 1. The minimum atomic E-state index is -0.304. The maximum Gasteiger partial charge on any atom is 0.166 e. The van der Waals surface area contributed by atoms with Crippen molar-refractivity contribution in [3.8, 4) is 0 Å². The quantitative estimate of drug-likeness (QED) is 0.898. The van der Waals surface area contributed by atoms with Crippen LogP contribution in [0.4, 0.5) is 10.2 Å². The molecule has 0 amide bonds. The first-order valence-corrected chi connectivity index (χ1v) is 6.80. The molecule has 1 aliphatic rings. The number of hydrogen-bond acceptors (Lipinski definition) is 3. The molecule has 17 heavy (non-hydrogen) atoms. The highest BCUT2D eigenvalue weighted by atomic mass is 79.9. The zero-order valence-electron chi connectivity index (χ0n) is 9.68. The van der Waals surface area contributed by atoms with Gasteiger partial charge in [-0.1, -0.05) is 0 Å². The van der Waals surface area contributed by atoms with E-state index in [4.69, 9.17) is 0 Å². The highest BCUT2D eigenvalue weighted by Gasteiger charge is 2.12. The Labute approximate surface area is 109 Å². The topological polar surface area (TPSA) is 37.0 Å². The van der Waals surface area contributed by atoms with Gasteiger partial charge < -0.3 is 10.6 Å². The summed E-state index contributed by atoms with van der Waals surface area (Å²) in [5.41, 5.74) is 0. The molecule has 0 spiro atoms. The molecule has 1 aromatic rings. The minimum absolute atomic E-state index is 0.304. The molecular weight excluding hydrogens is 285 g/mol. The van der Waals surface area contributed by atoms with E-state index >= 15 is 0 Å². The van der Waals surface area contributed by atoms with Crippen molar-refractivity contribution in [3.05, 3.63) is 22.6 Å². The van der Waals surface area contributed by atoms with Crippen LogP contribution in [0.5, 0.6) is 0 Å². The van der Waals surface area contributed by atoms with Crippen LogP contribution in [0.2, 0.25) is 0 Å². The van der Waals surface area contributed by atoms with Crippen molar-refractivity contribution in [2.24, 2.45) is 5.92 Å². The van der Waals surface area contributed by atoms with Crippen LogP contribution in [0.25, 0.3) is 0 Å². The van der Waals surface area contributed by atoms with Crippen LogP contribution in [0.15, 0.2) is 16.7 Å². The summed E-state index contributed by atoms with van der Waals surface area (Å²) in [6.45, 7) is 2.99. The number of piperidine rings is 1. The van der Waals surface area contributed by atoms with E-state index in [2.05, 4.69) is 31.5 Å². The van der Waals surface area contributed by atoms with Crippen LogP contribution in [-0.4, -0.2) is 24.6 Å².